The van der Waals surface area contributed by atoms with E-state index in [1.165, 1.54) is 24.4 Å². The van der Waals surface area contributed by atoms with Gasteiger partial charge in [0, 0.05) is 24.7 Å². The molecular formula is C9H10N4O3S. The van der Waals surface area contributed by atoms with Crippen LogP contribution in [0.15, 0.2) is 23.3 Å². The van der Waals surface area contributed by atoms with Crippen LogP contribution in [0.3, 0.4) is 0 Å². The Kier molecular flexibility index (Phi) is 4.35. The first-order valence-electron chi connectivity index (χ1n) is 4.53. The standard InChI is InChI=1S/C9H10N4O3S/c1-10-9(17)12-11-5-6-4-7(13(15)16)2-3-8(6)14/h2-5,14H,1H3,(H2,10,12,17)/b11-5+. The fourth-order valence-corrected chi connectivity index (χ4v) is 1.03. The van der Waals surface area contributed by atoms with E-state index in [0.29, 0.717) is 5.11 Å². The summed E-state index contributed by atoms with van der Waals surface area (Å²) >= 11 is 4.76. The highest BCUT2D eigenvalue weighted by molar-refractivity contribution is 7.80. The second-order valence-corrected chi connectivity index (χ2v) is 3.36. The fraction of sp³-hybridized carbons (Fsp3) is 0.111. The first-order valence-corrected chi connectivity index (χ1v) is 4.93. The van der Waals surface area contributed by atoms with E-state index in [-0.39, 0.29) is 17.0 Å². The molecule has 0 saturated carbocycles. The minimum atomic E-state index is -0.553. The van der Waals surface area contributed by atoms with Crippen LogP contribution in [0.5, 0.6) is 5.75 Å². The van der Waals surface area contributed by atoms with Crippen molar-refractivity contribution in [3.63, 3.8) is 0 Å². The summed E-state index contributed by atoms with van der Waals surface area (Å²) in [4.78, 5) is 9.97. The molecule has 0 unspecified atom stereocenters. The van der Waals surface area contributed by atoms with Crippen molar-refractivity contribution >= 4 is 29.2 Å². The third-order valence-corrected chi connectivity index (χ3v) is 2.11. The summed E-state index contributed by atoms with van der Waals surface area (Å²) in [5.74, 6) is -0.100. The van der Waals surface area contributed by atoms with Gasteiger partial charge in [-0.1, -0.05) is 0 Å². The summed E-state index contributed by atoms with van der Waals surface area (Å²) in [6.07, 6.45) is 1.24. The molecule has 0 aliphatic rings. The average Bonchev–Trinajstić information content (AvgIpc) is 2.30. The minimum absolute atomic E-state index is 0.100. The van der Waals surface area contributed by atoms with Crippen LogP contribution in [-0.2, 0) is 0 Å². The van der Waals surface area contributed by atoms with Crippen molar-refractivity contribution in [1.82, 2.24) is 10.7 Å². The van der Waals surface area contributed by atoms with Gasteiger partial charge in [-0.2, -0.15) is 5.10 Å². The molecule has 0 aliphatic carbocycles. The van der Waals surface area contributed by atoms with E-state index in [4.69, 9.17) is 12.2 Å². The summed E-state index contributed by atoms with van der Waals surface area (Å²) in [5.41, 5.74) is 2.57. The molecule has 0 bridgehead atoms. The molecule has 0 spiro atoms. The first kappa shape index (κ1) is 12.8. The average molecular weight is 254 g/mol. The van der Waals surface area contributed by atoms with Crippen LogP contribution in [-0.4, -0.2) is 28.4 Å². The molecule has 0 radical (unpaired) electrons. The molecule has 3 N–H and O–H groups in total. The lowest BCUT2D eigenvalue weighted by Crippen LogP contribution is -2.28. The molecular weight excluding hydrogens is 244 g/mol. The van der Waals surface area contributed by atoms with Crippen molar-refractivity contribution in [2.45, 2.75) is 0 Å². The van der Waals surface area contributed by atoms with Crippen molar-refractivity contribution in [1.29, 1.82) is 0 Å². The molecule has 90 valence electrons. The predicted octanol–water partition coefficient (Wildman–Crippen LogP) is 0.728. The molecule has 0 atom stereocenters. The molecule has 1 rings (SSSR count). The third-order valence-electron chi connectivity index (χ3n) is 1.82. The van der Waals surface area contributed by atoms with Gasteiger partial charge in [0.15, 0.2) is 5.11 Å². The number of nitrogens with zero attached hydrogens (tertiary/aromatic N) is 2. The van der Waals surface area contributed by atoms with Crippen molar-refractivity contribution in [2.75, 3.05) is 7.05 Å². The molecule has 7 nitrogen and oxygen atoms in total. The van der Waals surface area contributed by atoms with E-state index in [9.17, 15) is 15.2 Å². The number of nitrogens with one attached hydrogen (secondary N) is 2. The Morgan fingerprint density at radius 2 is 2.35 bits per heavy atom. The number of hydrogen-bond acceptors (Lipinski definition) is 5. The van der Waals surface area contributed by atoms with Crippen LogP contribution >= 0.6 is 12.2 Å². The maximum Gasteiger partial charge on any atom is 0.270 e. The van der Waals surface area contributed by atoms with E-state index in [0.717, 1.165) is 0 Å². The van der Waals surface area contributed by atoms with Gasteiger partial charge in [0.05, 0.1) is 11.1 Å². The van der Waals surface area contributed by atoms with Crippen LogP contribution < -0.4 is 10.7 Å². The molecule has 0 heterocycles. The lowest BCUT2D eigenvalue weighted by molar-refractivity contribution is -0.384. The predicted molar refractivity (Wildman–Crippen MR) is 67.1 cm³/mol. The molecule has 0 fully saturated rings. The molecule has 0 saturated heterocycles. The highest BCUT2D eigenvalue weighted by atomic mass is 32.1. The maximum atomic E-state index is 10.5. The largest absolute Gasteiger partial charge is 0.507 e. The highest BCUT2D eigenvalue weighted by Crippen LogP contribution is 2.20. The Morgan fingerprint density at radius 1 is 1.65 bits per heavy atom. The van der Waals surface area contributed by atoms with Gasteiger partial charge in [-0.05, 0) is 18.3 Å². The molecule has 17 heavy (non-hydrogen) atoms. The van der Waals surface area contributed by atoms with Crippen molar-refractivity contribution in [3.05, 3.63) is 33.9 Å². The number of phenolic OH excluding ortho intramolecular Hbond substituents is 1. The van der Waals surface area contributed by atoms with Crippen molar-refractivity contribution in [3.8, 4) is 5.75 Å². The Bertz CT molecular complexity index is 475. The first-order chi connectivity index (χ1) is 8.04. The van der Waals surface area contributed by atoms with Crippen LogP contribution in [0, 0.1) is 10.1 Å². The smallest absolute Gasteiger partial charge is 0.270 e. The number of hydrogen-bond donors (Lipinski definition) is 3. The summed E-state index contributed by atoms with van der Waals surface area (Å²) in [6.45, 7) is 0. The summed E-state index contributed by atoms with van der Waals surface area (Å²) in [7, 11) is 1.62. The molecule has 0 aliphatic heterocycles. The van der Waals surface area contributed by atoms with E-state index < -0.39 is 4.92 Å². The van der Waals surface area contributed by atoms with Gasteiger partial charge in [0.25, 0.3) is 5.69 Å². The number of nitro benzene ring substituents is 1. The summed E-state index contributed by atoms with van der Waals surface area (Å²) in [5, 5.41) is 26.6. The Morgan fingerprint density at radius 3 is 2.94 bits per heavy atom. The monoisotopic (exact) mass is 254 g/mol. The Hall–Kier alpha value is -2.22. The van der Waals surface area contributed by atoms with E-state index in [1.54, 1.807) is 7.05 Å². The van der Waals surface area contributed by atoms with Gasteiger partial charge in [-0.15, -0.1) is 0 Å². The fourth-order valence-electron chi connectivity index (χ4n) is 0.975. The highest BCUT2D eigenvalue weighted by Gasteiger charge is 2.08. The number of aromatic hydroxyl groups is 1. The third kappa shape index (κ3) is 3.68. The molecule has 8 heteroatoms. The zero-order valence-corrected chi connectivity index (χ0v) is 9.69. The molecule has 0 amide bonds. The van der Waals surface area contributed by atoms with Crippen LogP contribution in [0.4, 0.5) is 5.69 Å². The summed E-state index contributed by atoms with van der Waals surface area (Å²) < 4.78 is 0. The second kappa shape index (κ2) is 5.75. The van der Waals surface area contributed by atoms with E-state index in [1.807, 2.05) is 0 Å². The topological polar surface area (TPSA) is 99.8 Å². The zero-order valence-electron chi connectivity index (χ0n) is 8.88. The van der Waals surface area contributed by atoms with Gasteiger partial charge in [0.1, 0.15) is 5.75 Å². The number of thiocarbonyl (C=S) groups is 1. The lowest BCUT2D eigenvalue weighted by Gasteiger charge is -2.01. The number of rotatable bonds is 3. The molecule has 1 aromatic carbocycles. The maximum absolute atomic E-state index is 10.5. The van der Waals surface area contributed by atoms with Crippen molar-refractivity contribution in [2.24, 2.45) is 5.10 Å². The van der Waals surface area contributed by atoms with E-state index in [2.05, 4.69) is 15.8 Å². The van der Waals surface area contributed by atoms with Gasteiger partial charge in [-0.3, -0.25) is 15.5 Å². The van der Waals surface area contributed by atoms with Gasteiger partial charge in [0.2, 0.25) is 0 Å². The minimum Gasteiger partial charge on any atom is -0.507 e. The van der Waals surface area contributed by atoms with Crippen LogP contribution in [0.2, 0.25) is 0 Å². The number of phenols is 1. The second-order valence-electron chi connectivity index (χ2n) is 2.95. The number of non-ortho nitro benzene ring substituents is 1. The van der Waals surface area contributed by atoms with Crippen LogP contribution in [0.1, 0.15) is 5.56 Å². The van der Waals surface area contributed by atoms with Crippen molar-refractivity contribution < 1.29 is 10.0 Å². The SMILES string of the molecule is CNC(=S)N/N=C/c1cc([N+](=O)[O-])ccc1O. The number of hydrazone groups is 1. The summed E-state index contributed by atoms with van der Waals surface area (Å²) in [6, 6.07) is 3.65. The molecule has 1 aromatic rings. The Balaban J connectivity index is 2.86. The van der Waals surface area contributed by atoms with Gasteiger partial charge in [-0.25, -0.2) is 0 Å². The molecule has 0 aromatic heterocycles. The van der Waals surface area contributed by atoms with E-state index >= 15 is 0 Å². The quantitative estimate of drug-likeness (QED) is 0.318. The lowest BCUT2D eigenvalue weighted by atomic mass is 10.2. The zero-order chi connectivity index (χ0) is 12.8. The normalized spacial score (nSPS) is 10.2. The van der Waals surface area contributed by atoms with Gasteiger partial charge >= 0.3 is 0 Å². The Labute approximate surface area is 102 Å². The van der Waals surface area contributed by atoms with Gasteiger partial charge < -0.3 is 10.4 Å². The van der Waals surface area contributed by atoms with Crippen LogP contribution in [0.25, 0.3) is 0 Å². The number of benzene rings is 1. The number of nitro groups is 1.